The number of benzene rings is 2. The predicted octanol–water partition coefficient (Wildman–Crippen LogP) is 4.00. The van der Waals surface area contributed by atoms with Crippen molar-refractivity contribution in [2.75, 3.05) is 19.6 Å². The number of aromatic amines is 1. The van der Waals surface area contributed by atoms with E-state index in [0.29, 0.717) is 29.7 Å². The zero-order valence-corrected chi connectivity index (χ0v) is 16.8. The quantitative estimate of drug-likeness (QED) is 0.647. The first-order chi connectivity index (χ1) is 14.9. The molecule has 3 aromatic rings. The summed E-state index contributed by atoms with van der Waals surface area (Å²) in [6.45, 7) is 1.55. The molecule has 0 atom stereocenters. The van der Waals surface area contributed by atoms with Crippen LogP contribution in [0.25, 0.3) is 22.2 Å². The second-order valence-corrected chi connectivity index (χ2v) is 7.78. The summed E-state index contributed by atoms with van der Waals surface area (Å²) in [5.74, 6) is -1.24. The fraction of sp³-hybridized carbons (Fsp3) is 0.304. The Kier molecular flexibility index (Phi) is 5.97. The van der Waals surface area contributed by atoms with E-state index >= 15 is 0 Å². The van der Waals surface area contributed by atoms with Gasteiger partial charge >= 0.3 is 0 Å². The number of piperazine rings is 1. The maximum atomic E-state index is 13.5. The van der Waals surface area contributed by atoms with Gasteiger partial charge in [0.2, 0.25) is 11.8 Å². The van der Waals surface area contributed by atoms with Gasteiger partial charge in [0.05, 0.1) is 12.1 Å². The maximum Gasteiger partial charge on any atom is 0.239 e. The molecule has 1 saturated heterocycles. The third-order valence-corrected chi connectivity index (χ3v) is 5.60. The molecular weight excluding hydrogens is 407 g/mol. The van der Waals surface area contributed by atoms with Gasteiger partial charge in [0.15, 0.2) is 0 Å². The van der Waals surface area contributed by atoms with Gasteiger partial charge in [-0.3, -0.25) is 9.59 Å². The fourth-order valence-corrected chi connectivity index (χ4v) is 3.69. The molecule has 1 saturated carbocycles. The Hall–Kier alpha value is -3.29. The lowest BCUT2D eigenvalue weighted by atomic mass is 9.84. The summed E-state index contributed by atoms with van der Waals surface area (Å²) in [5.41, 5.74) is 1.58. The number of hydrogen-bond acceptors (Lipinski definition) is 2. The van der Waals surface area contributed by atoms with Gasteiger partial charge in [-0.15, -0.1) is 0 Å². The van der Waals surface area contributed by atoms with Crippen molar-refractivity contribution in [1.29, 1.82) is 0 Å². The van der Waals surface area contributed by atoms with E-state index in [0.717, 1.165) is 25.3 Å². The number of hydrogen-bond donors (Lipinski definition) is 2. The Morgan fingerprint density at radius 1 is 1.00 bits per heavy atom. The molecule has 162 valence electrons. The Morgan fingerprint density at radius 3 is 2.39 bits per heavy atom. The van der Waals surface area contributed by atoms with Crippen LogP contribution in [-0.4, -0.2) is 41.3 Å². The van der Waals surface area contributed by atoms with Gasteiger partial charge in [-0.05, 0) is 54.8 Å². The molecule has 2 aliphatic rings. The second kappa shape index (κ2) is 8.83. The van der Waals surface area contributed by atoms with E-state index in [1.807, 2.05) is 0 Å². The van der Waals surface area contributed by atoms with Crippen LogP contribution in [0.2, 0.25) is 0 Å². The lowest BCUT2D eigenvalue weighted by molar-refractivity contribution is -0.143. The van der Waals surface area contributed by atoms with Crippen molar-refractivity contribution in [3.63, 3.8) is 0 Å². The molecule has 2 amide bonds. The minimum atomic E-state index is -0.640. The Balaban J connectivity index is 0.000000158. The highest BCUT2D eigenvalue weighted by molar-refractivity contribution is 5.87. The number of carbonyl (C=O) groups is 2. The normalized spacial score (nSPS) is 16.4. The smallest absolute Gasteiger partial charge is 0.239 e. The number of rotatable bonds is 2. The van der Waals surface area contributed by atoms with Gasteiger partial charge in [-0.1, -0.05) is 6.42 Å². The summed E-state index contributed by atoms with van der Waals surface area (Å²) in [5, 5.41) is 3.16. The van der Waals surface area contributed by atoms with Crippen LogP contribution in [0.4, 0.5) is 13.2 Å². The molecule has 5 nitrogen and oxygen atoms in total. The van der Waals surface area contributed by atoms with E-state index in [-0.39, 0.29) is 35.6 Å². The Labute approximate surface area is 177 Å². The fourth-order valence-electron chi connectivity index (χ4n) is 3.69. The number of nitrogens with one attached hydrogen (secondary N) is 2. The van der Waals surface area contributed by atoms with Crippen LogP contribution in [-0.2, 0) is 9.59 Å². The lowest BCUT2D eigenvalue weighted by Gasteiger charge is -2.33. The summed E-state index contributed by atoms with van der Waals surface area (Å²) in [6, 6.07) is 9.50. The molecular formula is C23H22F3N3O2. The number of halogens is 3. The largest absolute Gasteiger partial charge is 0.353 e. The van der Waals surface area contributed by atoms with Crippen LogP contribution in [0.5, 0.6) is 0 Å². The number of amides is 2. The van der Waals surface area contributed by atoms with Crippen molar-refractivity contribution in [1.82, 2.24) is 15.2 Å². The monoisotopic (exact) mass is 429 g/mol. The van der Waals surface area contributed by atoms with Crippen molar-refractivity contribution in [2.24, 2.45) is 5.92 Å². The minimum Gasteiger partial charge on any atom is -0.353 e. The number of carbonyl (C=O) groups excluding carboxylic acids is 2. The summed E-state index contributed by atoms with van der Waals surface area (Å²) in [6.07, 6.45) is 3.18. The van der Waals surface area contributed by atoms with E-state index in [1.54, 1.807) is 23.1 Å². The molecule has 2 fully saturated rings. The average Bonchev–Trinajstić information content (AvgIpc) is 3.12. The highest BCUT2D eigenvalue weighted by atomic mass is 19.1. The zero-order valence-electron chi connectivity index (χ0n) is 16.8. The number of aromatic nitrogens is 1. The molecule has 5 rings (SSSR count). The van der Waals surface area contributed by atoms with E-state index in [9.17, 15) is 22.8 Å². The van der Waals surface area contributed by atoms with Crippen LogP contribution >= 0.6 is 0 Å². The number of fused-ring (bicyclic) bond motifs is 1. The molecule has 0 radical (unpaired) electrons. The van der Waals surface area contributed by atoms with Gasteiger partial charge in [0.1, 0.15) is 17.5 Å². The summed E-state index contributed by atoms with van der Waals surface area (Å²) < 4.78 is 39.4. The second-order valence-electron chi connectivity index (χ2n) is 7.78. The first-order valence-electron chi connectivity index (χ1n) is 10.2. The summed E-state index contributed by atoms with van der Waals surface area (Å²) >= 11 is 0. The molecule has 1 aromatic heterocycles. The summed E-state index contributed by atoms with van der Waals surface area (Å²) in [7, 11) is 0. The van der Waals surface area contributed by atoms with Crippen molar-refractivity contribution < 1.29 is 22.8 Å². The first kappa shape index (κ1) is 21.0. The van der Waals surface area contributed by atoms with Gasteiger partial charge in [-0.25, -0.2) is 13.2 Å². The van der Waals surface area contributed by atoms with Crippen LogP contribution in [0.15, 0.2) is 42.5 Å². The number of H-pyrrole nitrogens is 1. The average molecular weight is 429 g/mol. The lowest BCUT2D eigenvalue weighted by Crippen LogP contribution is -2.52. The Bertz CT molecular complexity index is 1110. The van der Waals surface area contributed by atoms with Crippen LogP contribution in [0.3, 0.4) is 0 Å². The van der Waals surface area contributed by atoms with Gasteiger partial charge in [0, 0.05) is 36.2 Å². The maximum absolute atomic E-state index is 13.5. The van der Waals surface area contributed by atoms with Gasteiger partial charge < -0.3 is 15.2 Å². The molecule has 0 unspecified atom stereocenters. The van der Waals surface area contributed by atoms with E-state index < -0.39 is 11.6 Å². The topological polar surface area (TPSA) is 65.2 Å². The van der Waals surface area contributed by atoms with E-state index in [1.165, 1.54) is 18.2 Å². The third kappa shape index (κ3) is 4.73. The molecule has 31 heavy (non-hydrogen) atoms. The predicted molar refractivity (Wildman–Crippen MR) is 111 cm³/mol. The minimum absolute atomic E-state index is 0.0288. The zero-order chi connectivity index (χ0) is 22.0. The molecule has 1 aliphatic heterocycles. The van der Waals surface area contributed by atoms with E-state index in [2.05, 4.69) is 10.3 Å². The SMILES string of the molecule is Fc1ccc(-c2cc3cc(F)cc(F)c3[nH]2)cc1.O=C1CN(C(=O)C2CCC2)CCN1. The standard InChI is InChI=1S/C14H8F3N.C9H14N2O2/c15-10-3-1-8(2-4-10)13-6-9-5-11(16)7-12(17)14(9)18-13;12-8-6-11(5-4-10-8)9(13)7-2-1-3-7/h1-7,18H;7H,1-6H2,(H,10,12). The van der Waals surface area contributed by atoms with Crippen molar-refractivity contribution in [2.45, 2.75) is 19.3 Å². The van der Waals surface area contributed by atoms with Crippen molar-refractivity contribution >= 4 is 22.7 Å². The highest BCUT2D eigenvalue weighted by Gasteiger charge is 2.31. The van der Waals surface area contributed by atoms with Crippen LogP contribution in [0, 0.1) is 23.4 Å². The van der Waals surface area contributed by atoms with Crippen molar-refractivity contribution in [3.8, 4) is 11.3 Å². The summed E-state index contributed by atoms with van der Waals surface area (Å²) in [4.78, 5) is 27.2. The number of nitrogens with zero attached hydrogens (tertiary/aromatic N) is 1. The molecule has 0 bridgehead atoms. The molecule has 2 heterocycles. The molecule has 2 aromatic carbocycles. The molecule has 8 heteroatoms. The highest BCUT2D eigenvalue weighted by Crippen LogP contribution is 2.28. The molecule has 1 aliphatic carbocycles. The third-order valence-electron chi connectivity index (χ3n) is 5.60. The molecule has 0 spiro atoms. The van der Waals surface area contributed by atoms with Crippen LogP contribution < -0.4 is 5.32 Å². The molecule has 2 N–H and O–H groups in total. The van der Waals surface area contributed by atoms with E-state index in [4.69, 9.17) is 0 Å². The van der Waals surface area contributed by atoms with Crippen LogP contribution in [0.1, 0.15) is 19.3 Å². The Morgan fingerprint density at radius 2 is 1.74 bits per heavy atom. The van der Waals surface area contributed by atoms with Crippen molar-refractivity contribution in [3.05, 3.63) is 59.9 Å². The van der Waals surface area contributed by atoms with Gasteiger partial charge in [-0.2, -0.15) is 0 Å². The first-order valence-corrected chi connectivity index (χ1v) is 10.2. The van der Waals surface area contributed by atoms with Gasteiger partial charge in [0.25, 0.3) is 0 Å².